The van der Waals surface area contributed by atoms with Gasteiger partial charge in [-0.15, -0.1) is 0 Å². The van der Waals surface area contributed by atoms with Crippen molar-refractivity contribution in [1.29, 1.82) is 0 Å². The molecule has 7 heteroatoms. The Balaban J connectivity index is 0.000000841. The Kier molecular flexibility index (Phi) is 8.64. The smallest absolute Gasteiger partial charge is 0.408 e. The number of hydrogen-bond acceptors (Lipinski definition) is 5. The molecule has 0 saturated heterocycles. The van der Waals surface area contributed by atoms with Crippen LogP contribution < -0.4 is 11.1 Å². The summed E-state index contributed by atoms with van der Waals surface area (Å²) in [6, 6.07) is 0. The van der Waals surface area contributed by atoms with Gasteiger partial charge in [0.25, 0.3) is 6.47 Å². The molecule has 2 amide bonds. The Morgan fingerprint density at radius 2 is 1.87 bits per heavy atom. The maximum absolute atomic E-state index is 11.7. The molecule has 1 aliphatic carbocycles. The van der Waals surface area contributed by atoms with E-state index < -0.39 is 5.60 Å². The molecule has 1 aliphatic rings. The van der Waals surface area contributed by atoms with E-state index in [0.29, 0.717) is 19.5 Å². The standard InChI is InChI=1S/C13H24N2O3.C3H6O2/c1-5-13(7-9(8-13)6-10(14)16)15-11(17)18-12(2,3)4;1-2-5-3-4/h9H,5-8H2,1-4H3,(H2,14,16)(H,15,17);3H,2H2,1H3. The van der Waals surface area contributed by atoms with Crippen LogP contribution in [-0.4, -0.2) is 36.2 Å². The van der Waals surface area contributed by atoms with Crippen molar-refractivity contribution >= 4 is 18.5 Å². The third-order valence-corrected chi connectivity index (χ3v) is 3.53. The molecule has 0 aromatic rings. The van der Waals surface area contributed by atoms with Gasteiger partial charge in [0.2, 0.25) is 5.91 Å². The number of alkyl carbamates (subject to hydrolysis) is 1. The third-order valence-electron chi connectivity index (χ3n) is 3.53. The Morgan fingerprint density at radius 3 is 2.17 bits per heavy atom. The lowest BCUT2D eigenvalue weighted by Crippen LogP contribution is -2.58. The minimum Gasteiger partial charge on any atom is -0.468 e. The molecule has 0 heterocycles. The fourth-order valence-electron chi connectivity index (χ4n) is 2.54. The van der Waals surface area contributed by atoms with Gasteiger partial charge in [-0.1, -0.05) is 6.92 Å². The first-order valence-electron chi connectivity index (χ1n) is 7.92. The Bertz CT molecular complexity index is 398. The summed E-state index contributed by atoms with van der Waals surface area (Å²) >= 11 is 0. The van der Waals surface area contributed by atoms with Gasteiger partial charge in [0, 0.05) is 12.0 Å². The van der Waals surface area contributed by atoms with Crippen LogP contribution in [0.25, 0.3) is 0 Å². The minimum absolute atomic E-state index is 0.220. The Labute approximate surface area is 138 Å². The van der Waals surface area contributed by atoms with E-state index in [1.165, 1.54) is 0 Å². The molecule has 1 saturated carbocycles. The van der Waals surface area contributed by atoms with Gasteiger partial charge in [-0.3, -0.25) is 9.59 Å². The SMILES string of the molecule is CCC1(NC(=O)OC(C)(C)C)CC(CC(N)=O)C1.CCOC=O. The zero-order valence-corrected chi connectivity index (χ0v) is 14.8. The van der Waals surface area contributed by atoms with Crippen molar-refractivity contribution in [1.82, 2.24) is 5.32 Å². The van der Waals surface area contributed by atoms with Crippen molar-refractivity contribution in [3.63, 3.8) is 0 Å². The zero-order valence-electron chi connectivity index (χ0n) is 14.8. The molecule has 0 aromatic heterocycles. The fourth-order valence-corrected chi connectivity index (χ4v) is 2.54. The lowest BCUT2D eigenvalue weighted by Gasteiger charge is -2.47. The predicted octanol–water partition coefficient (Wildman–Crippen LogP) is 2.12. The van der Waals surface area contributed by atoms with E-state index in [-0.39, 0.29) is 23.5 Å². The maximum atomic E-state index is 11.7. The van der Waals surface area contributed by atoms with Crippen LogP contribution in [0.3, 0.4) is 0 Å². The van der Waals surface area contributed by atoms with Gasteiger partial charge in [0.15, 0.2) is 0 Å². The molecule has 0 bridgehead atoms. The zero-order chi connectivity index (χ0) is 18.1. The van der Waals surface area contributed by atoms with Gasteiger partial charge in [0.1, 0.15) is 5.60 Å². The largest absolute Gasteiger partial charge is 0.468 e. The van der Waals surface area contributed by atoms with Crippen molar-refractivity contribution in [3.8, 4) is 0 Å². The van der Waals surface area contributed by atoms with Crippen LogP contribution in [0.15, 0.2) is 0 Å². The lowest BCUT2D eigenvalue weighted by molar-refractivity contribution is -0.128. The van der Waals surface area contributed by atoms with Gasteiger partial charge >= 0.3 is 6.09 Å². The van der Waals surface area contributed by atoms with E-state index >= 15 is 0 Å². The second-order valence-electron chi connectivity index (χ2n) is 6.76. The highest BCUT2D eigenvalue weighted by molar-refractivity contribution is 5.74. The minimum atomic E-state index is -0.491. The number of nitrogens with two attached hydrogens (primary N) is 1. The van der Waals surface area contributed by atoms with Crippen LogP contribution in [0.4, 0.5) is 4.79 Å². The van der Waals surface area contributed by atoms with E-state index in [0.717, 1.165) is 19.3 Å². The molecule has 0 aromatic carbocycles. The molecule has 0 atom stereocenters. The van der Waals surface area contributed by atoms with Gasteiger partial charge < -0.3 is 20.5 Å². The molecule has 0 spiro atoms. The summed E-state index contributed by atoms with van der Waals surface area (Å²) in [5, 5.41) is 2.93. The van der Waals surface area contributed by atoms with Crippen molar-refractivity contribution in [2.24, 2.45) is 11.7 Å². The van der Waals surface area contributed by atoms with Crippen LogP contribution in [0.2, 0.25) is 0 Å². The lowest BCUT2D eigenvalue weighted by atomic mass is 9.65. The fraction of sp³-hybridized carbons (Fsp3) is 0.812. The maximum Gasteiger partial charge on any atom is 0.408 e. The molecule has 0 aliphatic heterocycles. The first-order chi connectivity index (χ1) is 10.6. The van der Waals surface area contributed by atoms with Crippen molar-refractivity contribution in [2.45, 2.75) is 71.4 Å². The van der Waals surface area contributed by atoms with E-state index in [1.807, 2.05) is 27.7 Å². The number of hydrogen-bond donors (Lipinski definition) is 2. The number of amides is 2. The summed E-state index contributed by atoms with van der Waals surface area (Å²) < 4.78 is 9.40. The van der Waals surface area contributed by atoms with Crippen molar-refractivity contribution < 1.29 is 23.9 Å². The first-order valence-corrected chi connectivity index (χ1v) is 7.92. The van der Waals surface area contributed by atoms with E-state index in [2.05, 4.69) is 10.1 Å². The van der Waals surface area contributed by atoms with Crippen LogP contribution in [0.1, 0.15) is 60.3 Å². The highest BCUT2D eigenvalue weighted by Gasteiger charge is 2.44. The summed E-state index contributed by atoms with van der Waals surface area (Å²) in [5.74, 6) is 0.0133. The van der Waals surface area contributed by atoms with Crippen LogP contribution >= 0.6 is 0 Å². The highest BCUT2D eigenvalue weighted by Crippen LogP contribution is 2.42. The molecule has 134 valence electrons. The highest BCUT2D eigenvalue weighted by atomic mass is 16.6. The number of carbonyl (C=O) groups is 3. The van der Waals surface area contributed by atoms with Gasteiger partial charge in [-0.05, 0) is 52.9 Å². The monoisotopic (exact) mass is 330 g/mol. The molecular weight excluding hydrogens is 300 g/mol. The van der Waals surface area contributed by atoms with Gasteiger partial charge in [-0.25, -0.2) is 4.79 Å². The molecule has 1 fully saturated rings. The third kappa shape index (κ3) is 9.05. The van der Waals surface area contributed by atoms with E-state index in [1.54, 1.807) is 6.92 Å². The average molecular weight is 330 g/mol. The number of ether oxygens (including phenoxy) is 2. The topological polar surface area (TPSA) is 108 Å². The van der Waals surface area contributed by atoms with Gasteiger partial charge in [0.05, 0.1) is 6.61 Å². The normalized spacial score (nSPS) is 22.7. The van der Waals surface area contributed by atoms with Crippen LogP contribution in [0.5, 0.6) is 0 Å². The molecule has 23 heavy (non-hydrogen) atoms. The van der Waals surface area contributed by atoms with Gasteiger partial charge in [-0.2, -0.15) is 0 Å². The molecule has 0 radical (unpaired) electrons. The number of rotatable bonds is 6. The molecule has 1 rings (SSSR count). The van der Waals surface area contributed by atoms with E-state index in [9.17, 15) is 14.4 Å². The molecular formula is C16H30N2O5. The number of carbonyl (C=O) groups excluding carboxylic acids is 3. The van der Waals surface area contributed by atoms with Crippen molar-refractivity contribution in [3.05, 3.63) is 0 Å². The summed E-state index contributed by atoms with van der Waals surface area (Å²) in [6.07, 6.45) is 2.44. The average Bonchev–Trinajstić information content (AvgIpc) is 2.34. The summed E-state index contributed by atoms with van der Waals surface area (Å²) in [5.41, 5.74) is 4.46. The first kappa shape index (κ1) is 21.2. The second kappa shape index (κ2) is 9.37. The summed E-state index contributed by atoms with van der Waals surface area (Å²) in [6.45, 7) is 10.2. The van der Waals surface area contributed by atoms with Crippen LogP contribution in [0, 0.1) is 5.92 Å². The van der Waals surface area contributed by atoms with Crippen molar-refractivity contribution in [2.75, 3.05) is 6.61 Å². The number of primary amides is 1. The Hall–Kier alpha value is -1.79. The predicted molar refractivity (Wildman–Crippen MR) is 86.6 cm³/mol. The molecule has 0 unspecified atom stereocenters. The molecule has 7 nitrogen and oxygen atoms in total. The molecule has 3 N–H and O–H groups in total. The summed E-state index contributed by atoms with van der Waals surface area (Å²) in [7, 11) is 0. The van der Waals surface area contributed by atoms with Crippen LogP contribution in [-0.2, 0) is 19.1 Å². The quantitative estimate of drug-likeness (QED) is 0.725. The van der Waals surface area contributed by atoms with E-state index in [4.69, 9.17) is 10.5 Å². The Morgan fingerprint density at radius 1 is 1.30 bits per heavy atom. The second-order valence-corrected chi connectivity index (χ2v) is 6.76. The number of nitrogens with one attached hydrogen (secondary N) is 1. The summed E-state index contributed by atoms with van der Waals surface area (Å²) in [4.78, 5) is 31.7.